The van der Waals surface area contributed by atoms with Crippen molar-refractivity contribution < 1.29 is 5.11 Å². The van der Waals surface area contributed by atoms with Crippen molar-refractivity contribution in [2.75, 3.05) is 5.32 Å². The van der Waals surface area contributed by atoms with Crippen molar-refractivity contribution >= 4 is 5.69 Å². The summed E-state index contributed by atoms with van der Waals surface area (Å²) < 4.78 is 0. The predicted octanol–water partition coefficient (Wildman–Crippen LogP) is 3.93. The standard InChI is InChI=1S/C16H19NO/c1-11-4-6-15(13(3)8-11)17-10-14-9-12(2)5-7-16(14)18/h4-9,17-18H,10H2,1-3H3. The lowest BCUT2D eigenvalue weighted by atomic mass is 10.1. The maximum absolute atomic E-state index is 9.79. The lowest BCUT2D eigenvalue weighted by Gasteiger charge is -2.11. The van der Waals surface area contributed by atoms with Crippen LogP contribution in [0.1, 0.15) is 22.3 Å². The van der Waals surface area contributed by atoms with Gasteiger partial charge in [0.2, 0.25) is 0 Å². The van der Waals surface area contributed by atoms with Gasteiger partial charge in [0.1, 0.15) is 5.75 Å². The molecule has 2 nitrogen and oxygen atoms in total. The summed E-state index contributed by atoms with van der Waals surface area (Å²) >= 11 is 0. The molecule has 2 aromatic carbocycles. The third-order valence-corrected chi connectivity index (χ3v) is 3.09. The molecule has 0 saturated carbocycles. The number of phenolic OH excluding ortho intramolecular Hbond substituents is 1. The van der Waals surface area contributed by atoms with Crippen molar-refractivity contribution in [3.63, 3.8) is 0 Å². The van der Waals surface area contributed by atoms with Gasteiger partial charge in [0, 0.05) is 17.8 Å². The molecule has 0 unspecified atom stereocenters. The summed E-state index contributed by atoms with van der Waals surface area (Å²) in [6.07, 6.45) is 0. The topological polar surface area (TPSA) is 32.3 Å². The van der Waals surface area contributed by atoms with Gasteiger partial charge in [-0.3, -0.25) is 0 Å². The van der Waals surface area contributed by atoms with Crippen LogP contribution in [-0.2, 0) is 6.54 Å². The quantitative estimate of drug-likeness (QED) is 0.853. The molecular weight excluding hydrogens is 222 g/mol. The van der Waals surface area contributed by atoms with Crippen LogP contribution in [0.4, 0.5) is 5.69 Å². The van der Waals surface area contributed by atoms with Crippen LogP contribution in [0.5, 0.6) is 5.75 Å². The highest BCUT2D eigenvalue weighted by molar-refractivity contribution is 5.53. The van der Waals surface area contributed by atoms with E-state index in [1.165, 1.54) is 11.1 Å². The molecule has 0 aliphatic rings. The normalized spacial score (nSPS) is 10.4. The number of rotatable bonds is 3. The van der Waals surface area contributed by atoms with E-state index in [1.807, 2.05) is 19.1 Å². The number of nitrogens with one attached hydrogen (secondary N) is 1. The largest absolute Gasteiger partial charge is 0.508 e. The summed E-state index contributed by atoms with van der Waals surface area (Å²) in [5.41, 5.74) is 5.68. The van der Waals surface area contributed by atoms with E-state index in [0.29, 0.717) is 12.3 Å². The van der Waals surface area contributed by atoms with Crippen LogP contribution in [0.25, 0.3) is 0 Å². The molecule has 94 valence electrons. The van der Waals surface area contributed by atoms with Crippen LogP contribution in [0.2, 0.25) is 0 Å². The van der Waals surface area contributed by atoms with E-state index in [9.17, 15) is 5.11 Å². The average Bonchev–Trinajstić information content (AvgIpc) is 2.32. The minimum atomic E-state index is 0.345. The molecule has 2 heteroatoms. The third kappa shape index (κ3) is 2.83. The SMILES string of the molecule is Cc1ccc(NCc2cc(C)ccc2O)c(C)c1. The van der Waals surface area contributed by atoms with Gasteiger partial charge in [-0.1, -0.05) is 35.4 Å². The monoisotopic (exact) mass is 241 g/mol. The molecule has 0 spiro atoms. The number of benzene rings is 2. The molecular formula is C16H19NO. The molecule has 0 radical (unpaired) electrons. The molecule has 0 saturated heterocycles. The Bertz CT molecular complexity index is 561. The van der Waals surface area contributed by atoms with Gasteiger partial charge in [0.15, 0.2) is 0 Å². The molecule has 2 rings (SSSR count). The molecule has 0 aliphatic heterocycles. The zero-order valence-electron chi connectivity index (χ0n) is 11.1. The van der Waals surface area contributed by atoms with Crippen molar-refractivity contribution in [3.8, 4) is 5.75 Å². The van der Waals surface area contributed by atoms with E-state index in [-0.39, 0.29) is 0 Å². The fraction of sp³-hybridized carbons (Fsp3) is 0.250. The second-order valence-corrected chi connectivity index (χ2v) is 4.80. The maximum atomic E-state index is 9.79. The number of aromatic hydroxyl groups is 1. The molecule has 2 N–H and O–H groups in total. The van der Waals surface area contributed by atoms with Crippen molar-refractivity contribution in [2.45, 2.75) is 27.3 Å². The van der Waals surface area contributed by atoms with Crippen LogP contribution >= 0.6 is 0 Å². The maximum Gasteiger partial charge on any atom is 0.120 e. The first-order valence-electron chi connectivity index (χ1n) is 6.16. The summed E-state index contributed by atoms with van der Waals surface area (Å²) in [4.78, 5) is 0. The Morgan fingerprint density at radius 3 is 2.33 bits per heavy atom. The minimum Gasteiger partial charge on any atom is -0.508 e. The van der Waals surface area contributed by atoms with E-state index in [1.54, 1.807) is 6.07 Å². The Morgan fingerprint density at radius 2 is 1.61 bits per heavy atom. The predicted molar refractivity (Wildman–Crippen MR) is 76.1 cm³/mol. The first kappa shape index (κ1) is 12.5. The summed E-state index contributed by atoms with van der Waals surface area (Å²) in [6, 6.07) is 12.0. The van der Waals surface area contributed by atoms with Crippen molar-refractivity contribution in [1.82, 2.24) is 0 Å². The molecule has 0 fully saturated rings. The van der Waals surface area contributed by atoms with Crippen molar-refractivity contribution in [3.05, 3.63) is 58.7 Å². The van der Waals surface area contributed by atoms with E-state index >= 15 is 0 Å². The Labute approximate surface area is 108 Å². The molecule has 0 aromatic heterocycles. The molecule has 0 atom stereocenters. The van der Waals surface area contributed by atoms with E-state index < -0.39 is 0 Å². The Hall–Kier alpha value is -1.96. The summed E-state index contributed by atoms with van der Waals surface area (Å²) in [7, 11) is 0. The van der Waals surface area contributed by atoms with Crippen LogP contribution < -0.4 is 5.32 Å². The molecule has 2 aromatic rings. The van der Waals surface area contributed by atoms with Gasteiger partial charge in [-0.25, -0.2) is 0 Å². The zero-order valence-corrected chi connectivity index (χ0v) is 11.1. The lowest BCUT2D eigenvalue weighted by Crippen LogP contribution is -2.01. The highest BCUT2D eigenvalue weighted by Gasteiger charge is 2.03. The summed E-state index contributed by atoms with van der Waals surface area (Å²) in [5, 5.41) is 13.2. The zero-order chi connectivity index (χ0) is 13.1. The smallest absolute Gasteiger partial charge is 0.120 e. The van der Waals surface area contributed by atoms with Gasteiger partial charge in [-0.2, -0.15) is 0 Å². The van der Waals surface area contributed by atoms with E-state index in [2.05, 4.69) is 37.4 Å². The first-order chi connectivity index (χ1) is 8.56. The molecule has 0 amide bonds. The Morgan fingerprint density at radius 1 is 0.944 bits per heavy atom. The van der Waals surface area contributed by atoms with Gasteiger partial charge >= 0.3 is 0 Å². The number of anilines is 1. The van der Waals surface area contributed by atoms with Gasteiger partial charge in [-0.05, 0) is 38.5 Å². The molecule has 18 heavy (non-hydrogen) atoms. The Kier molecular flexibility index (Phi) is 3.56. The molecule has 0 heterocycles. The second kappa shape index (κ2) is 5.13. The highest BCUT2D eigenvalue weighted by Crippen LogP contribution is 2.21. The van der Waals surface area contributed by atoms with E-state index in [4.69, 9.17) is 0 Å². The van der Waals surface area contributed by atoms with E-state index in [0.717, 1.165) is 16.8 Å². The summed E-state index contributed by atoms with van der Waals surface area (Å²) in [5.74, 6) is 0.345. The number of hydrogen-bond acceptors (Lipinski definition) is 2. The highest BCUT2D eigenvalue weighted by atomic mass is 16.3. The molecule has 0 aliphatic carbocycles. The number of aryl methyl sites for hydroxylation is 3. The van der Waals surface area contributed by atoms with Crippen LogP contribution in [0.3, 0.4) is 0 Å². The minimum absolute atomic E-state index is 0.345. The van der Waals surface area contributed by atoms with Crippen LogP contribution in [0.15, 0.2) is 36.4 Å². The fourth-order valence-electron chi connectivity index (χ4n) is 2.06. The van der Waals surface area contributed by atoms with Gasteiger partial charge in [0.05, 0.1) is 0 Å². The summed E-state index contributed by atoms with van der Waals surface area (Å²) in [6.45, 7) is 6.84. The van der Waals surface area contributed by atoms with Crippen LogP contribution in [0, 0.1) is 20.8 Å². The Balaban J connectivity index is 2.13. The third-order valence-electron chi connectivity index (χ3n) is 3.09. The van der Waals surface area contributed by atoms with Gasteiger partial charge in [0.25, 0.3) is 0 Å². The molecule has 0 bridgehead atoms. The second-order valence-electron chi connectivity index (χ2n) is 4.80. The van der Waals surface area contributed by atoms with Gasteiger partial charge < -0.3 is 10.4 Å². The fourth-order valence-corrected chi connectivity index (χ4v) is 2.06. The van der Waals surface area contributed by atoms with Crippen molar-refractivity contribution in [2.24, 2.45) is 0 Å². The van der Waals surface area contributed by atoms with Crippen molar-refractivity contribution in [1.29, 1.82) is 0 Å². The average molecular weight is 241 g/mol. The first-order valence-corrected chi connectivity index (χ1v) is 6.16. The number of hydrogen-bond donors (Lipinski definition) is 2. The lowest BCUT2D eigenvalue weighted by molar-refractivity contribution is 0.469. The number of phenols is 1. The van der Waals surface area contributed by atoms with Crippen LogP contribution in [-0.4, -0.2) is 5.11 Å². The van der Waals surface area contributed by atoms with Gasteiger partial charge in [-0.15, -0.1) is 0 Å².